The quantitative estimate of drug-likeness (QED) is 0.499. The van der Waals surface area contributed by atoms with Gasteiger partial charge in [-0.15, -0.1) is 0 Å². The molecule has 1 saturated heterocycles. The molecule has 0 bridgehead atoms. The zero-order chi connectivity index (χ0) is 20.6. The lowest BCUT2D eigenvalue weighted by Crippen LogP contribution is -2.35. The summed E-state index contributed by atoms with van der Waals surface area (Å²) in [5.41, 5.74) is 23.6. The van der Waals surface area contributed by atoms with Crippen LogP contribution >= 0.6 is 0 Å². The fourth-order valence-corrected chi connectivity index (χ4v) is 3.77. The fourth-order valence-electron chi connectivity index (χ4n) is 3.77. The van der Waals surface area contributed by atoms with Crippen molar-refractivity contribution in [3.05, 3.63) is 71.4 Å². The minimum Gasteiger partial charge on any atom is -0.404 e. The molecular weight excluding hydrogens is 358 g/mol. The molecule has 2 aromatic carbocycles. The van der Waals surface area contributed by atoms with E-state index in [2.05, 4.69) is 36.1 Å². The molecule has 1 unspecified atom stereocenters. The number of nitrogens with two attached hydrogens (primary N) is 3. The van der Waals surface area contributed by atoms with Crippen LogP contribution in [0.15, 0.2) is 65.3 Å². The second kappa shape index (κ2) is 10.1. The molecule has 1 aliphatic rings. The van der Waals surface area contributed by atoms with E-state index in [9.17, 15) is 0 Å². The molecule has 0 radical (unpaired) electrons. The summed E-state index contributed by atoms with van der Waals surface area (Å²) in [6.45, 7) is 4.23. The molecule has 0 spiro atoms. The van der Waals surface area contributed by atoms with Crippen molar-refractivity contribution in [3.8, 4) is 0 Å². The van der Waals surface area contributed by atoms with Gasteiger partial charge in [-0.1, -0.05) is 37.3 Å². The van der Waals surface area contributed by atoms with Crippen LogP contribution in [0.4, 0.5) is 11.4 Å². The van der Waals surface area contributed by atoms with Crippen LogP contribution in [-0.2, 0) is 12.8 Å². The van der Waals surface area contributed by atoms with Gasteiger partial charge in [0.15, 0.2) is 0 Å². The second-order valence-corrected chi connectivity index (χ2v) is 7.70. The van der Waals surface area contributed by atoms with Gasteiger partial charge in [-0.2, -0.15) is 0 Å². The monoisotopic (exact) mass is 391 g/mol. The summed E-state index contributed by atoms with van der Waals surface area (Å²) >= 11 is 0. The van der Waals surface area contributed by atoms with Crippen LogP contribution in [0.5, 0.6) is 0 Å². The minimum absolute atomic E-state index is 0.217. The summed E-state index contributed by atoms with van der Waals surface area (Å²) in [7, 11) is 0. The zero-order valence-electron chi connectivity index (χ0n) is 17.3. The van der Waals surface area contributed by atoms with Crippen molar-refractivity contribution >= 4 is 17.6 Å². The first-order chi connectivity index (χ1) is 14.1. The lowest BCUT2D eigenvalue weighted by molar-refractivity contribution is 0.504. The van der Waals surface area contributed by atoms with Crippen LogP contribution in [-0.4, -0.2) is 31.4 Å². The number of aryl methyl sites for hydroxylation is 1. The van der Waals surface area contributed by atoms with Crippen molar-refractivity contribution < 1.29 is 0 Å². The van der Waals surface area contributed by atoms with Crippen molar-refractivity contribution in [3.63, 3.8) is 0 Å². The number of aliphatic imine (C=N–C) groups is 1. The molecule has 154 valence electrons. The van der Waals surface area contributed by atoms with E-state index in [4.69, 9.17) is 22.2 Å². The third-order valence-electron chi connectivity index (χ3n) is 5.70. The van der Waals surface area contributed by atoms with Crippen LogP contribution in [0, 0.1) is 0 Å². The van der Waals surface area contributed by atoms with E-state index in [1.807, 2.05) is 30.5 Å². The molecule has 5 nitrogen and oxygen atoms in total. The number of para-hydroxylation sites is 1. The van der Waals surface area contributed by atoms with Crippen molar-refractivity contribution in [1.82, 2.24) is 0 Å². The lowest BCUT2D eigenvalue weighted by Gasteiger charge is -2.32. The second-order valence-electron chi connectivity index (χ2n) is 7.70. The Bertz CT molecular complexity index is 850. The maximum atomic E-state index is 6.37. The summed E-state index contributed by atoms with van der Waals surface area (Å²) in [6.07, 6.45) is 7.21. The highest BCUT2D eigenvalue weighted by Crippen LogP contribution is 2.23. The molecule has 0 aliphatic carbocycles. The largest absolute Gasteiger partial charge is 0.404 e. The number of benzene rings is 2. The normalized spacial score (nSPS) is 17.0. The van der Waals surface area contributed by atoms with E-state index in [1.165, 1.54) is 11.3 Å². The number of rotatable bonds is 7. The minimum atomic E-state index is -0.217. The molecule has 0 amide bonds. The lowest BCUT2D eigenvalue weighted by atomic mass is 9.99. The summed E-state index contributed by atoms with van der Waals surface area (Å²) in [4.78, 5) is 7.24. The average molecular weight is 392 g/mol. The van der Waals surface area contributed by atoms with E-state index in [0.29, 0.717) is 12.5 Å². The van der Waals surface area contributed by atoms with Gasteiger partial charge in [0.2, 0.25) is 0 Å². The number of hydrogen-bond acceptors (Lipinski definition) is 5. The Hall–Kier alpha value is -2.79. The molecule has 1 heterocycles. The van der Waals surface area contributed by atoms with Crippen LogP contribution < -0.4 is 22.1 Å². The van der Waals surface area contributed by atoms with E-state index in [0.717, 1.165) is 49.2 Å². The van der Waals surface area contributed by atoms with E-state index in [-0.39, 0.29) is 6.04 Å². The van der Waals surface area contributed by atoms with Crippen molar-refractivity contribution in [1.29, 1.82) is 0 Å². The molecule has 5 heteroatoms. The van der Waals surface area contributed by atoms with Crippen LogP contribution in [0.2, 0.25) is 0 Å². The van der Waals surface area contributed by atoms with Gasteiger partial charge < -0.3 is 22.1 Å². The maximum Gasteiger partial charge on any atom is 0.0533 e. The number of piperidine rings is 1. The molecule has 1 fully saturated rings. The Kier molecular flexibility index (Phi) is 7.30. The van der Waals surface area contributed by atoms with Gasteiger partial charge in [-0.3, -0.25) is 4.99 Å². The molecular formula is C24H33N5. The Morgan fingerprint density at radius 2 is 1.93 bits per heavy atom. The summed E-state index contributed by atoms with van der Waals surface area (Å²) in [5.74, 6) is 0. The van der Waals surface area contributed by atoms with Crippen LogP contribution in [0.25, 0.3) is 0 Å². The maximum absolute atomic E-state index is 6.37. The molecule has 1 atom stereocenters. The number of nitrogen functional groups attached to an aromatic ring is 1. The standard InChI is InChI=1S/C24H33N5/c1-2-18-6-5-8-22(14-18)29-12-10-21(11-13-29)28-17-20(16-25)24(27)15-19-7-3-4-9-23(19)26/h3-9,14,16-17,21,24H,2,10-13,15,25-27H2,1H3. The van der Waals surface area contributed by atoms with Gasteiger partial charge in [-0.25, -0.2) is 0 Å². The first kappa shape index (κ1) is 20.9. The van der Waals surface area contributed by atoms with Crippen molar-refractivity contribution in [2.75, 3.05) is 23.7 Å². The van der Waals surface area contributed by atoms with Gasteiger partial charge >= 0.3 is 0 Å². The SMILES string of the molecule is CCc1cccc(N2CCC(N=CC(=CN)C(N)Cc3ccccc3N)CC2)c1. The predicted molar refractivity (Wildman–Crippen MR) is 124 cm³/mol. The number of nitrogens with zero attached hydrogens (tertiary/aromatic N) is 2. The van der Waals surface area contributed by atoms with Gasteiger partial charge in [0.1, 0.15) is 0 Å². The Balaban J connectivity index is 1.55. The first-order valence-electron chi connectivity index (χ1n) is 10.5. The van der Waals surface area contributed by atoms with Gasteiger partial charge in [0.05, 0.1) is 6.04 Å². The fraction of sp³-hybridized carbons (Fsp3) is 0.375. The third kappa shape index (κ3) is 5.61. The number of hydrogen-bond donors (Lipinski definition) is 3. The first-order valence-corrected chi connectivity index (χ1v) is 10.5. The topological polar surface area (TPSA) is 93.7 Å². The zero-order valence-corrected chi connectivity index (χ0v) is 17.3. The molecule has 3 rings (SSSR count). The molecule has 1 aliphatic heterocycles. The van der Waals surface area contributed by atoms with E-state index >= 15 is 0 Å². The smallest absolute Gasteiger partial charge is 0.0533 e. The average Bonchev–Trinajstić information content (AvgIpc) is 2.76. The van der Waals surface area contributed by atoms with E-state index < -0.39 is 0 Å². The highest BCUT2D eigenvalue weighted by molar-refractivity contribution is 5.80. The molecule has 0 saturated carbocycles. The molecule has 0 aromatic heterocycles. The summed E-state index contributed by atoms with van der Waals surface area (Å²) < 4.78 is 0. The summed E-state index contributed by atoms with van der Waals surface area (Å²) in [6, 6.07) is 16.7. The van der Waals surface area contributed by atoms with Crippen LogP contribution in [0.1, 0.15) is 30.9 Å². The highest BCUT2D eigenvalue weighted by atomic mass is 15.1. The van der Waals surface area contributed by atoms with Crippen molar-refractivity contribution in [2.45, 2.75) is 44.7 Å². The Morgan fingerprint density at radius 1 is 1.17 bits per heavy atom. The summed E-state index contributed by atoms with van der Waals surface area (Å²) in [5, 5.41) is 0. The van der Waals surface area contributed by atoms with E-state index in [1.54, 1.807) is 6.20 Å². The number of anilines is 2. The highest BCUT2D eigenvalue weighted by Gasteiger charge is 2.19. The molecule has 2 aromatic rings. The van der Waals surface area contributed by atoms with Gasteiger partial charge in [0, 0.05) is 48.5 Å². The third-order valence-corrected chi connectivity index (χ3v) is 5.70. The van der Waals surface area contributed by atoms with Crippen molar-refractivity contribution in [2.24, 2.45) is 16.5 Å². The Morgan fingerprint density at radius 3 is 2.62 bits per heavy atom. The predicted octanol–water partition coefficient (Wildman–Crippen LogP) is 3.28. The van der Waals surface area contributed by atoms with Gasteiger partial charge in [-0.05, 0) is 55.0 Å². The Labute approximate surface area is 174 Å². The molecule has 6 N–H and O–H groups in total. The molecule has 29 heavy (non-hydrogen) atoms. The van der Waals surface area contributed by atoms with Gasteiger partial charge in [0.25, 0.3) is 0 Å². The van der Waals surface area contributed by atoms with Crippen LogP contribution in [0.3, 0.4) is 0 Å².